The number of aromatic nitrogens is 4. The standard InChI is InChI=1S/C17H16FN5O/c1-10-6-14(12-7-13(18)9-19-8-12)11(2)16(20-10)17(24)21-15-4-5-23(3)22-15/h4-9H,1-3H3,(H,21,22,24). The van der Waals surface area contributed by atoms with Crippen molar-refractivity contribution < 1.29 is 9.18 Å². The number of nitrogens with zero attached hydrogens (tertiary/aromatic N) is 4. The molecule has 0 saturated heterocycles. The van der Waals surface area contributed by atoms with Gasteiger partial charge in [0, 0.05) is 36.8 Å². The Hall–Kier alpha value is -3.09. The second kappa shape index (κ2) is 6.19. The third kappa shape index (κ3) is 3.15. The molecule has 0 saturated carbocycles. The van der Waals surface area contributed by atoms with Crippen LogP contribution in [0.25, 0.3) is 11.1 Å². The number of amides is 1. The molecule has 0 radical (unpaired) electrons. The van der Waals surface area contributed by atoms with Gasteiger partial charge in [-0.15, -0.1) is 0 Å². The predicted molar refractivity (Wildman–Crippen MR) is 88.1 cm³/mol. The van der Waals surface area contributed by atoms with E-state index in [1.165, 1.54) is 6.07 Å². The molecule has 0 bridgehead atoms. The van der Waals surface area contributed by atoms with Crippen molar-refractivity contribution in [3.63, 3.8) is 0 Å². The highest BCUT2D eigenvalue weighted by atomic mass is 19.1. The first kappa shape index (κ1) is 15.8. The summed E-state index contributed by atoms with van der Waals surface area (Å²) in [7, 11) is 1.76. The van der Waals surface area contributed by atoms with E-state index in [2.05, 4.69) is 20.4 Å². The molecule has 3 heterocycles. The number of halogens is 1. The number of carbonyl (C=O) groups is 1. The van der Waals surface area contributed by atoms with Gasteiger partial charge in [-0.3, -0.25) is 14.5 Å². The molecule has 3 aromatic rings. The van der Waals surface area contributed by atoms with Crippen molar-refractivity contribution in [2.24, 2.45) is 7.05 Å². The lowest BCUT2D eigenvalue weighted by atomic mass is 10.00. The molecule has 0 aliphatic carbocycles. The van der Waals surface area contributed by atoms with Gasteiger partial charge < -0.3 is 5.32 Å². The van der Waals surface area contributed by atoms with Gasteiger partial charge in [-0.2, -0.15) is 5.10 Å². The largest absolute Gasteiger partial charge is 0.304 e. The first-order valence-electron chi connectivity index (χ1n) is 7.34. The lowest BCUT2D eigenvalue weighted by molar-refractivity contribution is 0.102. The fourth-order valence-electron chi connectivity index (χ4n) is 2.47. The quantitative estimate of drug-likeness (QED) is 0.803. The summed E-state index contributed by atoms with van der Waals surface area (Å²) >= 11 is 0. The Morgan fingerprint density at radius 2 is 2.04 bits per heavy atom. The van der Waals surface area contributed by atoms with E-state index in [0.717, 1.165) is 11.8 Å². The molecule has 0 atom stereocenters. The van der Waals surface area contributed by atoms with Gasteiger partial charge >= 0.3 is 0 Å². The van der Waals surface area contributed by atoms with Gasteiger partial charge in [-0.25, -0.2) is 9.37 Å². The summed E-state index contributed by atoms with van der Waals surface area (Å²) in [6.45, 7) is 3.56. The Balaban J connectivity index is 2.01. The Kier molecular flexibility index (Phi) is 4.07. The van der Waals surface area contributed by atoms with Crippen molar-refractivity contribution >= 4 is 11.7 Å². The summed E-state index contributed by atoms with van der Waals surface area (Å²) in [6.07, 6.45) is 4.43. The maximum absolute atomic E-state index is 13.5. The molecule has 0 aromatic carbocycles. The van der Waals surface area contributed by atoms with E-state index in [0.29, 0.717) is 22.6 Å². The van der Waals surface area contributed by atoms with Crippen molar-refractivity contribution in [1.29, 1.82) is 0 Å². The molecule has 0 aliphatic heterocycles. The SMILES string of the molecule is Cc1cc(-c2cncc(F)c2)c(C)c(C(=O)Nc2ccn(C)n2)n1. The van der Waals surface area contributed by atoms with Crippen LogP contribution in [0.4, 0.5) is 10.2 Å². The van der Waals surface area contributed by atoms with E-state index < -0.39 is 5.82 Å². The van der Waals surface area contributed by atoms with Crippen LogP contribution in [0.1, 0.15) is 21.7 Å². The maximum atomic E-state index is 13.5. The zero-order chi connectivity index (χ0) is 17.3. The first-order chi connectivity index (χ1) is 11.4. The number of hydrogen-bond donors (Lipinski definition) is 1. The van der Waals surface area contributed by atoms with E-state index in [1.54, 1.807) is 44.0 Å². The molecule has 3 rings (SSSR count). The van der Waals surface area contributed by atoms with Crippen LogP contribution in [0.15, 0.2) is 36.8 Å². The number of rotatable bonds is 3. The summed E-state index contributed by atoms with van der Waals surface area (Å²) in [5.74, 6) is -0.347. The monoisotopic (exact) mass is 325 g/mol. The minimum atomic E-state index is -0.430. The number of aryl methyl sites for hydroxylation is 2. The third-order valence-electron chi connectivity index (χ3n) is 3.59. The molecule has 0 unspecified atom stereocenters. The average Bonchev–Trinajstić information content (AvgIpc) is 2.94. The molecule has 1 N–H and O–H groups in total. The van der Waals surface area contributed by atoms with Gasteiger partial charge in [0.05, 0.1) is 6.20 Å². The number of anilines is 1. The zero-order valence-electron chi connectivity index (χ0n) is 13.5. The molecular formula is C17H16FN5O. The first-order valence-corrected chi connectivity index (χ1v) is 7.34. The van der Waals surface area contributed by atoms with E-state index >= 15 is 0 Å². The van der Waals surface area contributed by atoms with Crippen molar-refractivity contribution in [3.8, 4) is 11.1 Å². The molecule has 3 aromatic heterocycles. The topological polar surface area (TPSA) is 72.7 Å². The molecule has 0 spiro atoms. The van der Waals surface area contributed by atoms with E-state index in [1.807, 2.05) is 6.07 Å². The minimum Gasteiger partial charge on any atom is -0.304 e. The molecule has 0 fully saturated rings. The summed E-state index contributed by atoms with van der Waals surface area (Å²) in [5.41, 5.74) is 2.91. The normalized spacial score (nSPS) is 10.7. The number of hydrogen-bond acceptors (Lipinski definition) is 4. The smallest absolute Gasteiger partial charge is 0.275 e. The Labute approximate surface area is 138 Å². The molecule has 7 heteroatoms. The second-order valence-corrected chi connectivity index (χ2v) is 5.51. The van der Waals surface area contributed by atoms with Gasteiger partial charge in [0.25, 0.3) is 5.91 Å². The summed E-state index contributed by atoms with van der Waals surface area (Å²) in [4.78, 5) is 20.7. The van der Waals surface area contributed by atoms with Crippen LogP contribution in [-0.2, 0) is 7.05 Å². The second-order valence-electron chi connectivity index (χ2n) is 5.51. The van der Waals surface area contributed by atoms with Crippen molar-refractivity contribution in [1.82, 2.24) is 19.7 Å². The molecule has 122 valence electrons. The lowest BCUT2D eigenvalue weighted by Crippen LogP contribution is -2.17. The molecular weight excluding hydrogens is 309 g/mol. The van der Waals surface area contributed by atoms with E-state index in [9.17, 15) is 9.18 Å². The van der Waals surface area contributed by atoms with Crippen LogP contribution in [0, 0.1) is 19.7 Å². The van der Waals surface area contributed by atoms with Gasteiger partial charge in [0.1, 0.15) is 11.5 Å². The Morgan fingerprint density at radius 1 is 1.25 bits per heavy atom. The van der Waals surface area contributed by atoms with Gasteiger partial charge in [-0.05, 0) is 37.1 Å². The summed E-state index contributed by atoms with van der Waals surface area (Å²) in [5, 5.41) is 6.83. The van der Waals surface area contributed by atoms with Gasteiger partial charge in [0.2, 0.25) is 0 Å². The van der Waals surface area contributed by atoms with Crippen LogP contribution in [0.5, 0.6) is 0 Å². The van der Waals surface area contributed by atoms with Gasteiger partial charge in [-0.1, -0.05) is 0 Å². The Morgan fingerprint density at radius 3 is 2.71 bits per heavy atom. The molecule has 1 amide bonds. The van der Waals surface area contributed by atoms with Crippen molar-refractivity contribution in [2.75, 3.05) is 5.32 Å². The van der Waals surface area contributed by atoms with Crippen molar-refractivity contribution in [2.45, 2.75) is 13.8 Å². The van der Waals surface area contributed by atoms with Crippen LogP contribution in [-0.4, -0.2) is 25.7 Å². The zero-order valence-corrected chi connectivity index (χ0v) is 13.5. The predicted octanol–water partition coefficient (Wildman–Crippen LogP) is 2.89. The lowest BCUT2D eigenvalue weighted by Gasteiger charge is -2.12. The average molecular weight is 325 g/mol. The maximum Gasteiger partial charge on any atom is 0.275 e. The molecule has 6 nitrogen and oxygen atoms in total. The fraction of sp³-hybridized carbons (Fsp3) is 0.176. The number of nitrogens with one attached hydrogen (secondary N) is 1. The molecule has 0 aliphatic rings. The summed E-state index contributed by atoms with van der Waals surface area (Å²) in [6, 6.07) is 4.89. The van der Waals surface area contributed by atoms with Crippen molar-refractivity contribution in [3.05, 3.63) is 59.6 Å². The highest BCUT2D eigenvalue weighted by Crippen LogP contribution is 2.26. The molecule has 24 heavy (non-hydrogen) atoms. The van der Waals surface area contributed by atoms with Crippen LogP contribution >= 0.6 is 0 Å². The third-order valence-corrected chi connectivity index (χ3v) is 3.59. The summed E-state index contributed by atoms with van der Waals surface area (Å²) < 4.78 is 15.1. The Bertz CT molecular complexity index is 919. The van der Waals surface area contributed by atoms with Crippen LogP contribution in [0.3, 0.4) is 0 Å². The highest BCUT2D eigenvalue weighted by Gasteiger charge is 2.17. The fourth-order valence-corrected chi connectivity index (χ4v) is 2.47. The van der Waals surface area contributed by atoms with E-state index in [-0.39, 0.29) is 11.6 Å². The van der Waals surface area contributed by atoms with Gasteiger partial charge in [0.15, 0.2) is 5.82 Å². The number of carbonyl (C=O) groups excluding carboxylic acids is 1. The van der Waals surface area contributed by atoms with Crippen LogP contribution in [0.2, 0.25) is 0 Å². The van der Waals surface area contributed by atoms with Crippen LogP contribution < -0.4 is 5.32 Å². The van der Waals surface area contributed by atoms with E-state index in [4.69, 9.17) is 0 Å². The number of pyridine rings is 2. The highest BCUT2D eigenvalue weighted by molar-refractivity contribution is 6.04. The minimum absolute atomic E-state index is 0.278.